The summed E-state index contributed by atoms with van der Waals surface area (Å²) in [6.07, 6.45) is 4.16. The van der Waals surface area contributed by atoms with Crippen molar-refractivity contribution in [3.8, 4) is 5.75 Å². The molecule has 0 radical (unpaired) electrons. The fourth-order valence-electron chi connectivity index (χ4n) is 3.09. The average molecular weight is 305 g/mol. The third-order valence-corrected chi connectivity index (χ3v) is 4.80. The summed E-state index contributed by atoms with van der Waals surface area (Å²) in [6.45, 7) is 4.16. The van der Waals surface area contributed by atoms with Gasteiger partial charge in [0.1, 0.15) is 11.6 Å². The first kappa shape index (κ1) is 14.5. The standard InChI is InChI=1S/C17H21ClN2O/c1-12(18)13-6-9-20(10-7-13)17-16-4-3-15(21-2)11-14(16)5-8-19-17/h3-5,8,11-13H,6-7,9-10H2,1-2H3. The van der Waals surface area contributed by atoms with Gasteiger partial charge < -0.3 is 9.64 Å². The van der Waals surface area contributed by atoms with Crippen LogP contribution in [-0.2, 0) is 0 Å². The molecule has 0 saturated carbocycles. The number of fused-ring (bicyclic) bond motifs is 1. The highest BCUT2D eigenvalue weighted by Gasteiger charge is 2.24. The Labute approximate surface area is 130 Å². The predicted octanol–water partition coefficient (Wildman–Crippen LogP) is 4.09. The molecule has 0 bridgehead atoms. The second-order valence-electron chi connectivity index (χ2n) is 5.72. The molecule has 1 aromatic carbocycles. The summed E-state index contributed by atoms with van der Waals surface area (Å²) >= 11 is 6.23. The number of hydrogen-bond donors (Lipinski definition) is 0. The van der Waals surface area contributed by atoms with E-state index in [0.29, 0.717) is 5.92 Å². The van der Waals surface area contributed by atoms with Crippen molar-refractivity contribution in [3.63, 3.8) is 0 Å². The minimum Gasteiger partial charge on any atom is -0.497 e. The van der Waals surface area contributed by atoms with Crippen molar-refractivity contribution in [2.75, 3.05) is 25.1 Å². The Hall–Kier alpha value is -1.48. The zero-order valence-electron chi connectivity index (χ0n) is 12.6. The van der Waals surface area contributed by atoms with Crippen molar-refractivity contribution >= 4 is 28.2 Å². The SMILES string of the molecule is COc1ccc2c(N3CCC(C(C)Cl)CC3)nccc2c1. The Morgan fingerprint density at radius 2 is 2.05 bits per heavy atom. The van der Waals surface area contributed by atoms with Crippen LogP contribution in [-0.4, -0.2) is 30.6 Å². The van der Waals surface area contributed by atoms with Gasteiger partial charge in [-0.05, 0) is 55.3 Å². The second-order valence-corrected chi connectivity index (χ2v) is 6.41. The molecule has 1 saturated heterocycles. The first-order chi connectivity index (χ1) is 10.2. The maximum atomic E-state index is 6.23. The first-order valence-electron chi connectivity index (χ1n) is 7.51. The molecule has 0 aliphatic carbocycles. The summed E-state index contributed by atoms with van der Waals surface area (Å²) in [5, 5.41) is 2.62. The van der Waals surface area contributed by atoms with Crippen molar-refractivity contribution in [2.24, 2.45) is 5.92 Å². The van der Waals surface area contributed by atoms with E-state index < -0.39 is 0 Å². The predicted molar refractivity (Wildman–Crippen MR) is 88.5 cm³/mol. The first-order valence-corrected chi connectivity index (χ1v) is 7.94. The van der Waals surface area contributed by atoms with Gasteiger partial charge in [0, 0.05) is 30.0 Å². The molecule has 3 nitrogen and oxygen atoms in total. The molecule has 4 heteroatoms. The third kappa shape index (κ3) is 2.93. The molecule has 1 aromatic heterocycles. The van der Waals surface area contributed by atoms with E-state index in [-0.39, 0.29) is 5.38 Å². The van der Waals surface area contributed by atoms with Crippen LogP contribution in [0.15, 0.2) is 30.5 Å². The van der Waals surface area contributed by atoms with Gasteiger partial charge in [-0.25, -0.2) is 4.98 Å². The summed E-state index contributed by atoms with van der Waals surface area (Å²) in [4.78, 5) is 6.99. The fraction of sp³-hybridized carbons (Fsp3) is 0.471. The van der Waals surface area contributed by atoms with Crippen LogP contribution in [0.4, 0.5) is 5.82 Å². The normalized spacial score (nSPS) is 18.0. The van der Waals surface area contributed by atoms with Crippen LogP contribution in [0.2, 0.25) is 0 Å². The van der Waals surface area contributed by atoms with Crippen molar-refractivity contribution in [1.29, 1.82) is 0 Å². The number of alkyl halides is 1. The van der Waals surface area contributed by atoms with E-state index in [9.17, 15) is 0 Å². The zero-order valence-corrected chi connectivity index (χ0v) is 13.3. The zero-order chi connectivity index (χ0) is 14.8. The number of piperidine rings is 1. The third-order valence-electron chi connectivity index (χ3n) is 4.44. The molecule has 2 heterocycles. The second kappa shape index (κ2) is 6.10. The molecule has 3 rings (SSSR count). The summed E-state index contributed by atoms with van der Waals surface area (Å²) in [6, 6.07) is 8.21. The van der Waals surface area contributed by atoms with E-state index in [0.717, 1.165) is 37.5 Å². The number of methoxy groups -OCH3 is 1. The Kier molecular flexibility index (Phi) is 4.20. The number of nitrogens with zero attached hydrogens (tertiary/aromatic N) is 2. The van der Waals surface area contributed by atoms with Gasteiger partial charge in [-0.2, -0.15) is 0 Å². The van der Waals surface area contributed by atoms with E-state index in [2.05, 4.69) is 28.9 Å². The molecule has 0 N–H and O–H groups in total. The van der Waals surface area contributed by atoms with Gasteiger partial charge >= 0.3 is 0 Å². The lowest BCUT2D eigenvalue weighted by Crippen LogP contribution is -2.36. The highest BCUT2D eigenvalue weighted by Crippen LogP contribution is 2.31. The smallest absolute Gasteiger partial charge is 0.136 e. The number of hydrogen-bond acceptors (Lipinski definition) is 3. The number of anilines is 1. The fourth-order valence-corrected chi connectivity index (χ4v) is 3.34. The number of ether oxygens (including phenoxy) is 1. The molecule has 0 amide bonds. The average Bonchev–Trinajstić information content (AvgIpc) is 2.53. The van der Waals surface area contributed by atoms with Crippen LogP contribution in [0.1, 0.15) is 19.8 Å². The quantitative estimate of drug-likeness (QED) is 0.799. The topological polar surface area (TPSA) is 25.4 Å². The van der Waals surface area contributed by atoms with Gasteiger partial charge in [-0.3, -0.25) is 0 Å². The number of halogens is 1. The van der Waals surface area contributed by atoms with Crippen molar-refractivity contribution in [3.05, 3.63) is 30.5 Å². The lowest BCUT2D eigenvalue weighted by atomic mass is 9.94. The number of aromatic nitrogens is 1. The van der Waals surface area contributed by atoms with E-state index >= 15 is 0 Å². The lowest BCUT2D eigenvalue weighted by molar-refractivity contribution is 0.399. The van der Waals surface area contributed by atoms with Crippen LogP contribution in [0.25, 0.3) is 10.8 Å². The van der Waals surface area contributed by atoms with Gasteiger partial charge in [-0.1, -0.05) is 0 Å². The van der Waals surface area contributed by atoms with Crippen molar-refractivity contribution < 1.29 is 4.74 Å². The molecule has 1 aliphatic rings. The Morgan fingerprint density at radius 1 is 1.29 bits per heavy atom. The highest BCUT2D eigenvalue weighted by molar-refractivity contribution is 6.20. The molecule has 0 spiro atoms. The van der Waals surface area contributed by atoms with Crippen molar-refractivity contribution in [1.82, 2.24) is 4.98 Å². The number of pyridine rings is 1. The summed E-state index contributed by atoms with van der Waals surface area (Å²) in [5.74, 6) is 2.59. The maximum absolute atomic E-state index is 6.23. The highest BCUT2D eigenvalue weighted by atomic mass is 35.5. The number of rotatable bonds is 3. The van der Waals surface area contributed by atoms with E-state index in [1.165, 1.54) is 10.8 Å². The lowest BCUT2D eigenvalue weighted by Gasteiger charge is -2.34. The van der Waals surface area contributed by atoms with Crippen molar-refractivity contribution in [2.45, 2.75) is 25.1 Å². The maximum Gasteiger partial charge on any atom is 0.136 e. The van der Waals surface area contributed by atoms with Crippen LogP contribution in [0.5, 0.6) is 5.75 Å². The largest absolute Gasteiger partial charge is 0.497 e. The minimum atomic E-state index is 0.261. The molecular formula is C17H21ClN2O. The molecule has 2 aromatic rings. The molecule has 112 valence electrons. The molecule has 1 unspecified atom stereocenters. The molecule has 1 fully saturated rings. The van der Waals surface area contributed by atoms with Crippen LogP contribution < -0.4 is 9.64 Å². The minimum absolute atomic E-state index is 0.261. The Bertz CT molecular complexity index is 621. The molecular weight excluding hydrogens is 284 g/mol. The van der Waals surface area contributed by atoms with Gasteiger partial charge in [0.05, 0.1) is 7.11 Å². The van der Waals surface area contributed by atoms with Gasteiger partial charge in [0.25, 0.3) is 0 Å². The Balaban J connectivity index is 1.87. The van der Waals surface area contributed by atoms with Gasteiger partial charge in [-0.15, -0.1) is 11.6 Å². The summed E-state index contributed by atoms with van der Waals surface area (Å²) < 4.78 is 5.30. The van der Waals surface area contributed by atoms with Gasteiger partial charge in [0.15, 0.2) is 0 Å². The number of benzene rings is 1. The molecule has 1 atom stereocenters. The Morgan fingerprint density at radius 3 is 2.71 bits per heavy atom. The van der Waals surface area contributed by atoms with Crippen LogP contribution in [0.3, 0.4) is 0 Å². The van der Waals surface area contributed by atoms with Gasteiger partial charge in [0.2, 0.25) is 0 Å². The molecule has 1 aliphatic heterocycles. The van der Waals surface area contributed by atoms with E-state index in [1.54, 1.807) is 7.11 Å². The molecule has 21 heavy (non-hydrogen) atoms. The van der Waals surface area contributed by atoms with Crippen LogP contribution >= 0.6 is 11.6 Å². The van der Waals surface area contributed by atoms with E-state index in [1.807, 2.05) is 18.3 Å². The van der Waals surface area contributed by atoms with E-state index in [4.69, 9.17) is 16.3 Å². The van der Waals surface area contributed by atoms with Crippen LogP contribution in [0, 0.1) is 5.92 Å². The monoisotopic (exact) mass is 304 g/mol. The summed E-state index contributed by atoms with van der Waals surface area (Å²) in [5.41, 5.74) is 0. The summed E-state index contributed by atoms with van der Waals surface area (Å²) in [7, 11) is 1.70.